The molecule has 0 spiro atoms. The molecule has 1 aliphatic heterocycles. The van der Waals surface area contributed by atoms with Gasteiger partial charge in [-0.3, -0.25) is 24.1 Å². The Morgan fingerprint density at radius 3 is 2.18 bits per heavy atom. The van der Waals surface area contributed by atoms with Crippen LogP contribution in [0.4, 0.5) is 0 Å². The molecule has 4 atom stereocenters. The van der Waals surface area contributed by atoms with E-state index >= 15 is 0 Å². The second-order valence-electron chi connectivity index (χ2n) is 20.4. The number of unbranched alkanes of at least 4 members (excludes halogenated alkanes) is 4. The lowest BCUT2D eigenvalue weighted by Crippen LogP contribution is -2.57. The van der Waals surface area contributed by atoms with Crippen molar-refractivity contribution in [3.63, 3.8) is 0 Å². The Labute approximate surface area is 430 Å². The predicted molar refractivity (Wildman–Crippen MR) is 285 cm³/mol. The first-order valence-electron chi connectivity index (χ1n) is 25.2. The smallest absolute Gasteiger partial charge is 0.246 e. The lowest BCUT2D eigenvalue weighted by molar-refractivity contribution is -0.144. The summed E-state index contributed by atoms with van der Waals surface area (Å²) < 4.78 is 6.97. The minimum Gasteiger partial charge on any atom is -0.508 e. The standard InChI is InChI=1S/C57H67N5O8S2/c1-35(37-12-14-39(15-13-37)52-36(2)58-34-71-52)59-55(68)47-31-44(65)33-62(47)56(69)54(57(3,4)5)60-49(66)11-9-7-6-8-10-28-61(41-20-21-41)29-30-70-45-25-18-38(19-26-45)51(67)50-46-27-24-43(64)32-48(46)72-53(50)40-16-22-42(63)23-17-40/h12-19,22-27,32,34-35,41,44,47,54,63-65H,6-11,20-21,28-31,33H2,1-5H3,(H,59,68)(H,60,66)/t35-,44+,47-,54+/m0/s1. The number of nitrogens with one attached hydrogen (secondary N) is 2. The molecule has 15 heteroatoms. The first-order chi connectivity index (χ1) is 34.5. The zero-order valence-corrected chi connectivity index (χ0v) is 43.5. The number of likely N-dealkylation sites (tertiary alicyclic amines) is 1. The van der Waals surface area contributed by atoms with E-state index in [9.17, 15) is 34.5 Å². The molecule has 2 aliphatic rings. The number of benzene rings is 4. The number of fused-ring (bicyclic) bond motifs is 1. The third-order valence-corrected chi connectivity index (χ3v) is 15.9. The number of phenols is 2. The minimum atomic E-state index is -0.867. The van der Waals surface area contributed by atoms with Crippen LogP contribution in [0.25, 0.3) is 31.0 Å². The zero-order chi connectivity index (χ0) is 51.1. The zero-order valence-electron chi connectivity index (χ0n) is 41.9. The number of aliphatic hydroxyl groups is 1. The van der Waals surface area contributed by atoms with E-state index in [-0.39, 0.29) is 54.0 Å². The minimum absolute atomic E-state index is 0.0219. The summed E-state index contributed by atoms with van der Waals surface area (Å²) in [6.45, 7) is 11.9. The molecule has 5 N–H and O–H groups in total. The molecule has 1 saturated carbocycles. The number of amides is 3. The van der Waals surface area contributed by atoms with Crippen LogP contribution in [0, 0.1) is 12.3 Å². The maximum Gasteiger partial charge on any atom is 0.246 e. The van der Waals surface area contributed by atoms with Crippen molar-refractivity contribution in [1.82, 2.24) is 25.4 Å². The van der Waals surface area contributed by atoms with Crippen LogP contribution in [-0.4, -0.2) is 104 Å². The second kappa shape index (κ2) is 23.2. The average molecular weight is 1010 g/mol. The van der Waals surface area contributed by atoms with E-state index in [0.29, 0.717) is 42.4 Å². The van der Waals surface area contributed by atoms with Gasteiger partial charge >= 0.3 is 0 Å². The molecule has 2 fully saturated rings. The number of hydrogen-bond donors (Lipinski definition) is 5. The lowest BCUT2D eigenvalue weighted by Gasteiger charge is -2.35. The van der Waals surface area contributed by atoms with E-state index in [4.69, 9.17) is 4.74 Å². The number of phenolic OH excluding ortho intramolecular Hbond substituents is 2. The van der Waals surface area contributed by atoms with Gasteiger partial charge in [0.1, 0.15) is 35.9 Å². The van der Waals surface area contributed by atoms with Crippen molar-refractivity contribution in [2.24, 2.45) is 5.41 Å². The average Bonchev–Trinajstić information content (AvgIpc) is 3.82. The first-order valence-corrected chi connectivity index (χ1v) is 26.9. The summed E-state index contributed by atoms with van der Waals surface area (Å²) in [6.07, 6.45) is 6.60. The SMILES string of the molecule is Cc1ncsc1-c1ccc([C@H](C)NC(=O)[C@@H]2C[C@@H](O)CN2C(=O)[C@@H](NC(=O)CCCCCCCN(CCOc2ccc(C(=O)c3c(-c4ccc(O)cc4)sc4cc(O)ccc34)cc2)C2CC2)C(C)(C)C)cc1. The first kappa shape index (κ1) is 52.2. The van der Waals surface area contributed by atoms with Gasteiger partial charge in [-0.05, 0) is 135 Å². The number of β-amino-alcohol motifs (C(OH)–C–C–N with tert-alkyl or cyclic N) is 1. The van der Waals surface area contributed by atoms with Crippen LogP contribution in [0.2, 0.25) is 0 Å². The molecular weight excluding hydrogens is 947 g/mol. The summed E-state index contributed by atoms with van der Waals surface area (Å²) in [5.74, 6) is -0.0673. The maximum atomic E-state index is 14.2. The van der Waals surface area contributed by atoms with Crippen molar-refractivity contribution >= 4 is 56.3 Å². The van der Waals surface area contributed by atoms with Crippen LogP contribution >= 0.6 is 22.7 Å². The van der Waals surface area contributed by atoms with E-state index in [1.807, 2.05) is 76.5 Å². The summed E-state index contributed by atoms with van der Waals surface area (Å²) in [4.78, 5) is 65.4. The van der Waals surface area contributed by atoms with E-state index in [0.717, 1.165) is 81.0 Å². The highest BCUT2D eigenvalue weighted by atomic mass is 32.1. The number of ketones is 1. The van der Waals surface area contributed by atoms with Gasteiger partial charge in [-0.2, -0.15) is 0 Å². The van der Waals surface area contributed by atoms with Gasteiger partial charge in [0.05, 0.1) is 28.2 Å². The Hall–Kier alpha value is -6.13. The van der Waals surface area contributed by atoms with Crippen LogP contribution in [0.15, 0.2) is 96.5 Å². The predicted octanol–water partition coefficient (Wildman–Crippen LogP) is 10.2. The Balaban J connectivity index is 0.752. The van der Waals surface area contributed by atoms with Gasteiger partial charge in [0.2, 0.25) is 17.7 Å². The summed E-state index contributed by atoms with van der Waals surface area (Å²) in [5, 5.41) is 37.5. The van der Waals surface area contributed by atoms with Gasteiger partial charge < -0.3 is 35.6 Å². The fraction of sp³-hybridized carbons (Fsp3) is 0.421. The number of hydrogen-bond acceptors (Lipinski definition) is 12. The summed E-state index contributed by atoms with van der Waals surface area (Å²) in [7, 11) is 0. The van der Waals surface area contributed by atoms with Gasteiger partial charge in [0.15, 0.2) is 5.78 Å². The normalized spacial score (nSPS) is 16.7. The van der Waals surface area contributed by atoms with Crippen LogP contribution < -0.4 is 15.4 Å². The van der Waals surface area contributed by atoms with Crippen molar-refractivity contribution in [2.75, 3.05) is 26.2 Å². The summed E-state index contributed by atoms with van der Waals surface area (Å²) in [6, 6.07) is 25.6. The van der Waals surface area contributed by atoms with Crippen molar-refractivity contribution in [1.29, 1.82) is 0 Å². The molecule has 0 radical (unpaired) electrons. The molecule has 0 unspecified atom stereocenters. The molecule has 3 heterocycles. The van der Waals surface area contributed by atoms with Gasteiger partial charge in [0.25, 0.3) is 0 Å². The molecule has 1 saturated heterocycles. The molecule has 380 valence electrons. The molecule has 1 aliphatic carbocycles. The third-order valence-electron chi connectivity index (χ3n) is 13.8. The fourth-order valence-corrected chi connectivity index (χ4v) is 11.6. The topological polar surface area (TPSA) is 182 Å². The largest absolute Gasteiger partial charge is 0.508 e. The molecule has 72 heavy (non-hydrogen) atoms. The molecule has 3 amide bonds. The number of thiazole rings is 1. The van der Waals surface area contributed by atoms with E-state index in [1.54, 1.807) is 65.9 Å². The van der Waals surface area contributed by atoms with Crippen LogP contribution in [-0.2, 0) is 14.4 Å². The van der Waals surface area contributed by atoms with Gasteiger partial charge in [-0.15, -0.1) is 22.7 Å². The van der Waals surface area contributed by atoms with E-state index in [1.165, 1.54) is 29.1 Å². The van der Waals surface area contributed by atoms with Gasteiger partial charge in [-0.25, -0.2) is 4.98 Å². The number of nitrogens with zero attached hydrogens (tertiary/aromatic N) is 3. The second-order valence-corrected chi connectivity index (χ2v) is 22.3. The summed E-state index contributed by atoms with van der Waals surface area (Å²) >= 11 is 3.01. The Bertz CT molecular complexity index is 2830. The molecule has 13 nitrogen and oxygen atoms in total. The number of aromatic hydroxyl groups is 2. The van der Waals surface area contributed by atoms with Crippen LogP contribution in [0.3, 0.4) is 0 Å². The molecule has 4 aromatic carbocycles. The number of carbonyl (C=O) groups excluding carboxylic acids is 4. The van der Waals surface area contributed by atoms with E-state index in [2.05, 4.69) is 20.5 Å². The monoisotopic (exact) mass is 1010 g/mol. The quantitative estimate of drug-likeness (QED) is 0.0324. The summed E-state index contributed by atoms with van der Waals surface area (Å²) in [5.41, 5.74) is 6.04. The molecular formula is C57H67N5O8S2. The lowest BCUT2D eigenvalue weighted by atomic mass is 9.85. The van der Waals surface area contributed by atoms with Crippen molar-refractivity contribution < 1.29 is 39.2 Å². The number of aryl methyl sites for hydroxylation is 1. The number of aliphatic hydroxyl groups excluding tert-OH is 1. The number of carbonyl (C=O) groups is 4. The van der Waals surface area contributed by atoms with Crippen LogP contribution in [0.5, 0.6) is 17.2 Å². The molecule has 8 rings (SSSR count). The maximum absolute atomic E-state index is 14.2. The van der Waals surface area contributed by atoms with Crippen molar-refractivity contribution in [3.05, 3.63) is 119 Å². The highest BCUT2D eigenvalue weighted by Gasteiger charge is 2.44. The van der Waals surface area contributed by atoms with Crippen molar-refractivity contribution in [3.8, 4) is 38.1 Å². The Kier molecular flexibility index (Phi) is 16.8. The Morgan fingerprint density at radius 1 is 0.833 bits per heavy atom. The Morgan fingerprint density at radius 2 is 1.50 bits per heavy atom. The molecule has 6 aromatic rings. The fourth-order valence-electron chi connectivity index (χ4n) is 9.55. The number of rotatable bonds is 22. The molecule has 2 aromatic heterocycles. The highest BCUT2D eigenvalue weighted by Crippen LogP contribution is 2.42. The van der Waals surface area contributed by atoms with Gasteiger partial charge in [-0.1, -0.05) is 64.3 Å². The van der Waals surface area contributed by atoms with E-state index < -0.39 is 23.6 Å². The number of ether oxygens (including phenoxy) is 1. The third kappa shape index (κ3) is 12.9. The number of thiophene rings is 1. The van der Waals surface area contributed by atoms with Crippen LogP contribution in [0.1, 0.15) is 119 Å². The molecule has 0 bridgehead atoms. The number of aromatic nitrogens is 1. The van der Waals surface area contributed by atoms with Crippen molar-refractivity contribution in [2.45, 2.75) is 123 Å². The highest BCUT2D eigenvalue weighted by molar-refractivity contribution is 7.22. The van der Waals surface area contributed by atoms with Gasteiger partial charge in [0, 0.05) is 58.1 Å².